The van der Waals surface area contributed by atoms with Crippen molar-refractivity contribution in [3.8, 4) is 5.69 Å². The summed E-state index contributed by atoms with van der Waals surface area (Å²) in [6.45, 7) is 3.50. The highest BCUT2D eigenvalue weighted by atomic mass is 16.1. The zero-order chi connectivity index (χ0) is 22.7. The average Bonchev–Trinajstić information content (AvgIpc) is 2.79. The van der Waals surface area contributed by atoms with E-state index < -0.39 is 5.91 Å². The van der Waals surface area contributed by atoms with Crippen LogP contribution in [0.5, 0.6) is 0 Å². The predicted octanol–water partition coefficient (Wildman–Crippen LogP) is 2.16. The van der Waals surface area contributed by atoms with Gasteiger partial charge in [0.25, 0.3) is 5.56 Å². The summed E-state index contributed by atoms with van der Waals surface area (Å²) in [6.07, 6.45) is 4.64. The Balaban J connectivity index is 1.75. The maximum Gasteiger partial charge on any atom is 0.275 e. The molecule has 0 bridgehead atoms. The topological polar surface area (TPSA) is 121 Å². The normalized spacial score (nSPS) is 10.8. The lowest BCUT2D eigenvalue weighted by atomic mass is 10.1. The summed E-state index contributed by atoms with van der Waals surface area (Å²) in [4.78, 5) is 48.8. The average molecular weight is 425 g/mol. The summed E-state index contributed by atoms with van der Waals surface area (Å²) >= 11 is 0. The Morgan fingerprint density at radius 2 is 1.81 bits per heavy atom. The van der Waals surface area contributed by atoms with Crippen LogP contribution in [-0.2, 0) is 17.6 Å². The first-order valence-electron chi connectivity index (χ1n) is 9.81. The van der Waals surface area contributed by atoms with Gasteiger partial charge in [0, 0.05) is 18.4 Å². The molecular weight excluding hydrogens is 406 g/mol. The maximum atomic E-state index is 12.7. The lowest BCUT2D eigenvalue weighted by molar-refractivity contribution is -0.114. The van der Waals surface area contributed by atoms with E-state index in [9.17, 15) is 14.4 Å². The first kappa shape index (κ1) is 20.8. The summed E-state index contributed by atoms with van der Waals surface area (Å²) in [5.74, 6) is -0.116. The van der Waals surface area contributed by atoms with Crippen molar-refractivity contribution >= 4 is 22.9 Å². The third-order valence-corrected chi connectivity index (χ3v) is 4.92. The third kappa shape index (κ3) is 4.34. The molecule has 0 aliphatic rings. The molecule has 2 N–H and O–H groups in total. The number of fused-ring (bicyclic) bond motifs is 1. The number of nitrogens with two attached hydrogens (primary N) is 1. The van der Waals surface area contributed by atoms with E-state index in [0.29, 0.717) is 34.7 Å². The minimum atomic E-state index is -0.495. The molecule has 0 unspecified atom stereocenters. The van der Waals surface area contributed by atoms with Crippen LogP contribution >= 0.6 is 0 Å². The molecule has 4 rings (SSSR count). The molecule has 0 aliphatic heterocycles. The minimum Gasteiger partial charge on any atom is -0.366 e. The fraction of sp³-hybridized carbons (Fsp3) is 0.0833. The molecule has 158 valence electrons. The van der Waals surface area contributed by atoms with Gasteiger partial charge in [-0.15, -0.1) is 0 Å². The molecule has 8 nitrogen and oxygen atoms in total. The quantitative estimate of drug-likeness (QED) is 0.453. The smallest absolute Gasteiger partial charge is 0.275 e. The van der Waals surface area contributed by atoms with E-state index in [4.69, 9.17) is 5.73 Å². The lowest BCUT2D eigenvalue weighted by Gasteiger charge is -2.11. The predicted molar refractivity (Wildman–Crippen MR) is 120 cm³/mol. The van der Waals surface area contributed by atoms with Gasteiger partial charge < -0.3 is 5.73 Å². The molecule has 8 heteroatoms. The molecule has 0 atom stereocenters. The number of carbonyl (C=O) groups excluding carboxylic acids is 2. The van der Waals surface area contributed by atoms with Crippen molar-refractivity contribution in [1.29, 1.82) is 0 Å². The Labute approximate surface area is 183 Å². The van der Waals surface area contributed by atoms with Gasteiger partial charge in [-0.25, -0.2) is 15.0 Å². The maximum absolute atomic E-state index is 12.7. The lowest BCUT2D eigenvalue weighted by Crippen LogP contribution is -2.20. The zero-order valence-corrected chi connectivity index (χ0v) is 17.1. The zero-order valence-electron chi connectivity index (χ0n) is 17.1. The molecule has 0 fully saturated rings. The van der Waals surface area contributed by atoms with Crippen molar-refractivity contribution < 1.29 is 9.59 Å². The number of rotatable bonds is 7. The van der Waals surface area contributed by atoms with Gasteiger partial charge >= 0.3 is 0 Å². The number of ketones is 1. The molecule has 2 aromatic heterocycles. The van der Waals surface area contributed by atoms with E-state index in [1.165, 1.54) is 16.8 Å². The molecule has 0 radical (unpaired) electrons. The van der Waals surface area contributed by atoms with E-state index in [1.807, 2.05) is 6.07 Å². The Hall–Kier alpha value is -4.46. The van der Waals surface area contributed by atoms with E-state index in [-0.39, 0.29) is 17.8 Å². The van der Waals surface area contributed by atoms with Crippen LogP contribution < -0.4 is 11.3 Å². The van der Waals surface area contributed by atoms with Gasteiger partial charge in [0.1, 0.15) is 11.3 Å². The molecule has 1 amide bonds. The van der Waals surface area contributed by atoms with Crippen molar-refractivity contribution in [3.05, 3.63) is 106 Å². The molecule has 0 saturated heterocycles. The molecule has 2 heterocycles. The van der Waals surface area contributed by atoms with E-state index in [2.05, 4.69) is 21.5 Å². The van der Waals surface area contributed by atoms with Crippen LogP contribution in [0.25, 0.3) is 16.9 Å². The summed E-state index contributed by atoms with van der Waals surface area (Å²) in [5.41, 5.74) is 8.40. The number of amides is 1. The van der Waals surface area contributed by atoms with Gasteiger partial charge in [-0.05, 0) is 41.5 Å². The Kier molecular flexibility index (Phi) is 5.67. The third-order valence-electron chi connectivity index (χ3n) is 4.92. The molecule has 0 spiro atoms. The number of allylic oxidation sites excluding steroid dienone is 1. The molecule has 0 aliphatic carbocycles. The molecular formula is C24H19N5O3. The number of nitrogens with zero attached hydrogens (tertiary/aromatic N) is 4. The van der Waals surface area contributed by atoms with Crippen molar-refractivity contribution in [2.45, 2.75) is 12.8 Å². The van der Waals surface area contributed by atoms with Crippen LogP contribution in [0.15, 0.2) is 78.4 Å². The molecule has 2 aromatic carbocycles. The summed E-state index contributed by atoms with van der Waals surface area (Å²) < 4.78 is 1.45. The fourth-order valence-corrected chi connectivity index (χ4v) is 3.33. The van der Waals surface area contributed by atoms with Crippen molar-refractivity contribution in [2.24, 2.45) is 5.73 Å². The minimum absolute atomic E-state index is 0.110. The van der Waals surface area contributed by atoms with Gasteiger partial charge in [0.05, 0.1) is 18.1 Å². The first-order valence-corrected chi connectivity index (χ1v) is 9.81. The SMILES string of the molecule is C=CC(=O)Cc1cccc(-n2c(=O)cnc3cnc(Cc4ccc(C(N)=O)cc4)nc32)c1. The largest absolute Gasteiger partial charge is 0.366 e. The number of primary amides is 1. The summed E-state index contributed by atoms with van der Waals surface area (Å²) in [7, 11) is 0. The number of hydrogen-bond acceptors (Lipinski definition) is 6. The Bertz CT molecular complexity index is 1410. The van der Waals surface area contributed by atoms with Crippen molar-refractivity contribution in [3.63, 3.8) is 0 Å². The molecule has 4 aromatic rings. The Morgan fingerprint density at radius 1 is 1.03 bits per heavy atom. The highest BCUT2D eigenvalue weighted by Gasteiger charge is 2.12. The van der Waals surface area contributed by atoms with Gasteiger partial charge in [0.15, 0.2) is 11.4 Å². The van der Waals surface area contributed by atoms with Crippen LogP contribution in [0, 0.1) is 0 Å². The van der Waals surface area contributed by atoms with Gasteiger partial charge in [-0.1, -0.05) is 30.8 Å². The molecule has 32 heavy (non-hydrogen) atoms. The van der Waals surface area contributed by atoms with E-state index in [1.54, 1.807) is 48.7 Å². The highest BCUT2D eigenvalue weighted by molar-refractivity contribution is 5.92. The van der Waals surface area contributed by atoms with Gasteiger partial charge in [0.2, 0.25) is 5.91 Å². The standard InChI is InChI=1S/C24H19N5O3/c1-2-19(30)11-16-4-3-5-18(10-16)29-22(31)14-26-20-13-27-21(28-24(20)29)12-15-6-8-17(9-7-15)23(25)32/h2-10,13-14H,1,11-12H2,(H2,25,32). The highest BCUT2D eigenvalue weighted by Crippen LogP contribution is 2.16. The molecule has 0 saturated carbocycles. The number of aromatic nitrogens is 4. The monoisotopic (exact) mass is 425 g/mol. The van der Waals surface area contributed by atoms with E-state index >= 15 is 0 Å². The van der Waals surface area contributed by atoms with Gasteiger partial charge in [-0.3, -0.25) is 19.0 Å². The number of carbonyl (C=O) groups is 2. The van der Waals surface area contributed by atoms with E-state index in [0.717, 1.165) is 11.1 Å². The second-order valence-electron chi connectivity index (χ2n) is 7.18. The second kappa shape index (κ2) is 8.73. The number of benzene rings is 2. The first-order chi connectivity index (χ1) is 15.4. The number of hydrogen-bond donors (Lipinski definition) is 1. The fourth-order valence-electron chi connectivity index (χ4n) is 3.33. The summed E-state index contributed by atoms with van der Waals surface area (Å²) in [6, 6.07) is 14.0. The summed E-state index contributed by atoms with van der Waals surface area (Å²) in [5, 5.41) is 0. The van der Waals surface area contributed by atoms with Gasteiger partial charge in [-0.2, -0.15) is 0 Å². The van der Waals surface area contributed by atoms with Crippen LogP contribution in [0.1, 0.15) is 27.3 Å². The Morgan fingerprint density at radius 3 is 2.53 bits per heavy atom. The van der Waals surface area contributed by atoms with Crippen LogP contribution in [0.3, 0.4) is 0 Å². The van der Waals surface area contributed by atoms with Crippen molar-refractivity contribution in [2.75, 3.05) is 0 Å². The van der Waals surface area contributed by atoms with Crippen LogP contribution in [0.2, 0.25) is 0 Å². The van der Waals surface area contributed by atoms with Crippen molar-refractivity contribution in [1.82, 2.24) is 19.5 Å². The van der Waals surface area contributed by atoms with Crippen LogP contribution in [-0.4, -0.2) is 31.2 Å². The van der Waals surface area contributed by atoms with Crippen LogP contribution in [0.4, 0.5) is 0 Å². The second-order valence-corrected chi connectivity index (χ2v) is 7.18.